The zero-order valence-electron chi connectivity index (χ0n) is 9.26. The highest BCUT2D eigenvalue weighted by Crippen LogP contribution is 2.30. The molecule has 1 aromatic carbocycles. The van der Waals surface area contributed by atoms with Crippen molar-refractivity contribution in [3.63, 3.8) is 0 Å². The van der Waals surface area contributed by atoms with E-state index in [4.69, 9.17) is 10.5 Å². The van der Waals surface area contributed by atoms with E-state index in [-0.39, 0.29) is 0 Å². The largest absolute Gasteiger partial charge is 0.493 e. The van der Waals surface area contributed by atoms with Crippen molar-refractivity contribution in [3.05, 3.63) is 23.3 Å². The summed E-state index contributed by atoms with van der Waals surface area (Å²) >= 11 is 0. The minimum Gasteiger partial charge on any atom is -0.493 e. The lowest BCUT2D eigenvalue weighted by molar-refractivity contribution is 0.333. The van der Waals surface area contributed by atoms with Gasteiger partial charge in [0, 0.05) is 11.3 Å². The zero-order valence-corrected chi connectivity index (χ0v) is 9.26. The molecule has 2 nitrogen and oxygen atoms in total. The molecule has 0 saturated heterocycles. The van der Waals surface area contributed by atoms with Gasteiger partial charge in [0.05, 0.1) is 6.61 Å². The van der Waals surface area contributed by atoms with Crippen molar-refractivity contribution in [3.8, 4) is 5.75 Å². The van der Waals surface area contributed by atoms with Crippen LogP contribution in [0.2, 0.25) is 0 Å². The smallest absolute Gasteiger partial charge is 0.127 e. The van der Waals surface area contributed by atoms with Crippen LogP contribution in [0.3, 0.4) is 0 Å². The van der Waals surface area contributed by atoms with Crippen LogP contribution in [0.4, 0.5) is 5.69 Å². The molecule has 0 saturated carbocycles. The molecule has 0 radical (unpaired) electrons. The molecular weight excluding hydrogens is 174 g/mol. The van der Waals surface area contributed by atoms with Gasteiger partial charge in [-0.25, -0.2) is 0 Å². The van der Waals surface area contributed by atoms with Gasteiger partial charge in [-0.2, -0.15) is 0 Å². The molecule has 2 heteroatoms. The van der Waals surface area contributed by atoms with Crippen LogP contribution in [0, 0.1) is 0 Å². The first-order valence-electron chi connectivity index (χ1n) is 5.27. The standard InChI is InChI=1S/C12H19NO/c1-4-9-7-8-11(13)10(5-2)12(9)14-6-3/h7-8H,4-6,13H2,1-3H3. The van der Waals surface area contributed by atoms with Crippen LogP contribution in [0.5, 0.6) is 5.75 Å². The number of nitrogen functional groups attached to an aromatic ring is 1. The number of nitrogens with two attached hydrogens (primary N) is 1. The van der Waals surface area contributed by atoms with Crippen LogP contribution in [0.25, 0.3) is 0 Å². The molecule has 0 aliphatic heterocycles. The SMILES string of the molecule is CCOc1c(CC)ccc(N)c1CC. The van der Waals surface area contributed by atoms with E-state index in [9.17, 15) is 0 Å². The van der Waals surface area contributed by atoms with Gasteiger partial charge in [0.1, 0.15) is 5.75 Å². The van der Waals surface area contributed by atoms with Crippen molar-refractivity contribution in [2.45, 2.75) is 33.6 Å². The first-order valence-corrected chi connectivity index (χ1v) is 5.27. The molecule has 0 aliphatic carbocycles. The van der Waals surface area contributed by atoms with Gasteiger partial charge >= 0.3 is 0 Å². The Hall–Kier alpha value is -1.18. The Morgan fingerprint density at radius 1 is 1.14 bits per heavy atom. The Morgan fingerprint density at radius 2 is 1.86 bits per heavy atom. The highest BCUT2D eigenvalue weighted by Gasteiger charge is 2.09. The fraction of sp³-hybridized carbons (Fsp3) is 0.500. The molecule has 1 rings (SSSR count). The van der Waals surface area contributed by atoms with E-state index < -0.39 is 0 Å². The highest BCUT2D eigenvalue weighted by atomic mass is 16.5. The third-order valence-electron chi connectivity index (χ3n) is 2.40. The summed E-state index contributed by atoms with van der Waals surface area (Å²) < 4.78 is 5.65. The quantitative estimate of drug-likeness (QED) is 0.746. The van der Waals surface area contributed by atoms with Crippen LogP contribution in [-0.2, 0) is 12.8 Å². The van der Waals surface area contributed by atoms with Crippen LogP contribution in [0.1, 0.15) is 31.9 Å². The normalized spacial score (nSPS) is 10.2. The predicted octanol–water partition coefficient (Wildman–Crippen LogP) is 2.79. The highest BCUT2D eigenvalue weighted by molar-refractivity contribution is 5.57. The number of hydrogen-bond acceptors (Lipinski definition) is 2. The number of anilines is 1. The Labute approximate surface area is 86.1 Å². The van der Waals surface area contributed by atoms with E-state index in [0.29, 0.717) is 6.61 Å². The Morgan fingerprint density at radius 3 is 2.36 bits per heavy atom. The van der Waals surface area contributed by atoms with Crippen LogP contribution in [0.15, 0.2) is 12.1 Å². The molecule has 0 amide bonds. The fourth-order valence-electron chi connectivity index (χ4n) is 1.66. The lowest BCUT2D eigenvalue weighted by atomic mass is 10.0. The van der Waals surface area contributed by atoms with Crippen LogP contribution < -0.4 is 10.5 Å². The van der Waals surface area contributed by atoms with E-state index in [1.54, 1.807) is 0 Å². The molecule has 0 bridgehead atoms. The monoisotopic (exact) mass is 193 g/mol. The van der Waals surface area contributed by atoms with Gasteiger partial charge in [0.15, 0.2) is 0 Å². The van der Waals surface area contributed by atoms with Gasteiger partial charge in [0.25, 0.3) is 0 Å². The van der Waals surface area contributed by atoms with Crippen molar-refractivity contribution in [1.29, 1.82) is 0 Å². The third-order valence-corrected chi connectivity index (χ3v) is 2.40. The van der Waals surface area contributed by atoms with Gasteiger partial charge in [-0.05, 0) is 31.4 Å². The summed E-state index contributed by atoms with van der Waals surface area (Å²) in [6, 6.07) is 4.03. The maximum Gasteiger partial charge on any atom is 0.127 e. The van der Waals surface area contributed by atoms with E-state index >= 15 is 0 Å². The van der Waals surface area contributed by atoms with E-state index in [1.807, 2.05) is 13.0 Å². The molecule has 0 unspecified atom stereocenters. The second kappa shape index (κ2) is 4.89. The van der Waals surface area contributed by atoms with Crippen molar-refractivity contribution in [2.75, 3.05) is 12.3 Å². The second-order valence-corrected chi connectivity index (χ2v) is 3.26. The summed E-state index contributed by atoms with van der Waals surface area (Å²) in [5.74, 6) is 0.998. The molecule has 1 aromatic rings. The molecule has 0 fully saturated rings. The number of benzene rings is 1. The average molecular weight is 193 g/mol. The first-order chi connectivity index (χ1) is 6.74. The van der Waals surface area contributed by atoms with E-state index in [0.717, 1.165) is 29.8 Å². The molecule has 14 heavy (non-hydrogen) atoms. The predicted molar refractivity (Wildman–Crippen MR) is 60.8 cm³/mol. The van der Waals surface area contributed by atoms with E-state index in [2.05, 4.69) is 19.9 Å². The summed E-state index contributed by atoms with van der Waals surface area (Å²) in [5, 5.41) is 0. The Bertz CT molecular complexity index is 307. The van der Waals surface area contributed by atoms with Crippen molar-refractivity contribution in [2.24, 2.45) is 0 Å². The molecule has 0 aromatic heterocycles. The summed E-state index contributed by atoms with van der Waals surface area (Å²) in [7, 11) is 0. The Kier molecular flexibility index (Phi) is 3.81. The Balaban J connectivity index is 3.21. The number of ether oxygens (including phenoxy) is 1. The number of aryl methyl sites for hydroxylation is 1. The lowest BCUT2D eigenvalue weighted by Crippen LogP contribution is -2.03. The maximum atomic E-state index is 5.91. The van der Waals surface area contributed by atoms with E-state index in [1.165, 1.54) is 5.56 Å². The minimum absolute atomic E-state index is 0.698. The zero-order chi connectivity index (χ0) is 10.6. The van der Waals surface area contributed by atoms with Crippen LogP contribution in [-0.4, -0.2) is 6.61 Å². The van der Waals surface area contributed by atoms with Gasteiger partial charge in [-0.1, -0.05) is 19.9 Å². The van der Waals surface area contributed by atoms with Gasteiger partial charge in [-0.15, -0.1) is 0 Å². The molecule has 78 valence electrons. The average Bonchev–Trinajstić information content (AvgIpc) is 2.19. The maximum absolute atomic E-state index is 5.91. The molecule has 0 spiro atoms. The van der Waals surface area contributed by atoms with Crippen molar-refractivity contribution < 1.29 is 4.74 Å². The lowest BCUT2D eigenvalue weighted by Gasteiger charge is -2.15. The van der Waals surface area contributed by atoms with Gasteiger partial charge in [-0.3, -0.25) is 0 Å². The minimum atomic E-state index is 0.698. The van der Waals surface area contributed by atoms with Crippen molar-refractivity contribution >= 4 is 5.69 Å². The van der Waals surface area contributed by atoms with Gasteiger partial charge < -0.3 is 10.5 Å². The summed E-state index contributed by atoms with van der Waals surface area (Å²) in [4.78, 5) is 0. The fourth-order valence-corrected chi connectivity index (χ4v) is 1.66. The molecular formula is C12H19NO. The van der Waals surface area contributed by atoms with Gasteiger partial charge in [0.2, 0.25) is 0 Å². The molecule has 0 heterocycles. The summed E-state index contributed by atoms with van der Waals surface area (Å²) in [6.45, 7) is 6.94. The summed E-state index contributed by atoms with van der Waals surface area (Å²) in [6.07, 6.45) is 1.91. The van der Waals surface area contributed by atoms with Crippen molar-refractivity contribution in [1.82, 2.24) is 0 Å². The molecule has 2 N–H and O–H groups in total. The first kappa shape index (κ1) is 10.9. The second-order valence-electron chi connectivity index (χ2n) is 3.26. The topological polar surface area (TPSA) is 35.2 Å². The van der Waals surface area contributed by atoms with Crippen LogP contribution >= 0.6 is 0 Å². The third kappa shape index (κ3) is 2.00. The number of rotatable bonds is 4. The number of hydrogen-bond donors (Lipinski definition) is 1. The molecule has 0 aliphatic rings. The molecule has 0 atom stereocenters. The summed E-state index contributed by atoms with van der Waals surface area (Å²) in [5.41, 5.74) is 9.14.